The number of carboxylic acid groups (broad SMARTS) is 1. The molecule has 0 saturated heterocycles. The van der Waals surface area contributed by atoms with Crippen LogP contribution in [-0.2, 0) is 0 Å². The second-order valence-corrected chi connectivity index (χ2v) is 3.36. The molecule has 0 aromatic carbocycles. The second-order valence-electron chi connectivity index (χ2n) is 3.36. The van der Waals surface area contributed by atoms with Gasteiger partial charge in [-0.05, 0) is 26.0 Å². The SMILES string of the molecule is CC(C)NC(=O)c1ccnc(C(=O)O)c1. The van der Waals surface area contributed by atoms with Crippen molar-refractivity contribution in [3.8, 4) is 0 Å². The van der Waals surface area contributed by atoms with Gasteiger partial charge in [0.05, 0.1) is 0 Å². The van der Waals surface area contributed by atoms with Gasteiger partial charge in [-0.25, -0.2) is 9.78 Å². The van der Waals surface area contributed by atoms with Gasteiger partial charge in [0.1, 0.15) is 5.69 Å². The normalized spacial score (nSPS) is 10.1. The summed E-state index contributed by atoms with van der Waals surface area (Å²) in [6, 6.07) is 2.74. The van der Waals surface area contributed by atoms with Crippen LogP contribution in [0.15, 0.2) is 18.3 Å². The van der Waals surface area contributed by atoms with Crippen molar-refractivity contribution in [1.29, 1.82) is 0 Å². The molecule has 0 spiro atoms. The zero-order valence-corrected chi connectivity index (χ0v) is 8.52. The molecule has 0 saturated carbocycles. The maximum Gasteiger partial charge on any atom is 0.354 e. The average molecular weight is 208 g/mol. The van der Waals surface area contributed by atoms with Crippen molar-refractivity contribution in [2.75, 3.05) is 0 Å². The van der Waals surface area contributed by atoms with Gasteiger partial charge in [0.15, 0.2) is 0 Å². The van der Waals surface area contributed by atoms with Gasteiger partial charge in [-0.15, -0.1) is 0 Å². The first kappa shape index (κ1) is 11.2. The number of hydrogen-bond acceptors (Lipinski definition) is 3. The molecular formula is C10H12N2O3. The molecule has 0 radical (unpaired) electrons. The first-order valence-electron chi connectivity index (χ1n) is 4.51. The molecule has 0 unspecified atom stereocenters. The summed E-state index contributed by atoms with van der Waals surface area (Å²) in [4.78, 5) is 25.7. The highest BCUT2D eigenvalue weighted by atomic mass is 16.4. The number of aromatic nitrogens is 1. The van der Waals surface area contributed by atoms with Crippen molar-refractivity contribution in [1.82, 2.24) is 10.3 Å². The van der Waals surface area contributed by atoms with Crippen molar-refractivity contribution >= 4 is 11.9 Å². The maximum absolute atomic E-state index is 11.5. The van der Waals surface area contributed by atoms with Crippen LogP contribution in [-0.4, -0.2) is 28.0 Å². The van der Waals surface area contributed by atoms with Crippen molar-refractivity contribution in [3.05, 3.63) is 29.6 Å². The van der Waals surface area contributed by atoms with Gasteiger partial charge >= 0.3 is 5.97 Å². The molecule has 0 atom stereocenters. The molecule has 0 aliphatic carbocycles. The predicted molar refractivity (Wildman–Crippen MR) is 53.8 cm³/mol. The van der Waals surface area contributed by atoms with E-state index in [2.05, 4.69) is 10.3 Å². The Morgan fingerprint density at radius 3 is 2.67 bits per heavy atom. The smallest absolute Gasteiger partial charge is 0.354 e. The Hall–Kier alpha value is -1.91. The van der Waals surface area contributed by atoms with Crippen LogP contribution in [0, 0.1) is 0 Å². The Morgan fingerprint density at radius 2 is 2.13 bits per heavy atom. The first-order valence-corrected chi connectivity index (χ1v) is 4.51. The van der Waals surface area contributed by atoms with Crippen molar-refractivity contribution in [2.45, 2.75) is 19.9 Å². The molecular weight excluding hydrogens is 196 g/mol. The molecule has 80 valence electrons. The number of nitrogens with zero attached hydrogens (tertiary/aromatic N) is 1. The summed E-state index contributed by atoms with van der Waals surface area (Å²) in [6.45, 7) is 3.66. The molecule has 2 N–H and O–H groups in total. The molecule has 1 rings (SSSR count). The number of carbonyl (C=O) groups excluding carboxylic acids is 1. The Bertz CT molecular complexity index is 388. The Morgan fingerprint density at radius 1 is 1.47 bits per heavy atom. The van der Waals surface area contributed by atoms with Crippen LogP contribution in [0.25, 0.3) is 0 Å². The number of amides is 1. The number of pyridine rings is 1. The van der Waals surface area contributed by atoms with E-state index in [1.807, 2.05) is 13.8 Å². The minimum atomic E-state index is -1.14. The summed E-state index contributed by atoms with van der Waals surface area (Å²) >= 11 is 0. The third-order valence-electron chi connectivity index (χ3n) is 1.66. The predicted octanol–water partition coefficient (Wildman–Crippen LogP) is 0.918. The maximum atomic E-state index is 11.5. The lowest BCUT2D eigenvalue weighted by Gasteiger charge is -2.07. The highest BCUT2D eigenvalue weighted by molar-refractivity contribution is 5.96. The summed E-state index contributed by atoms with van der Waals surface area (Å²) in [5.41, 5.74) is 0.169. The van der Waals surface area contributed by atoms with Crippen molar-refractivity contribution in [3.63, 3.8) is 0 Å². The van der Waals surface area contributed by atoms with Gasteiger partial charge in [-0.2, -0.15) is 0 Å². The quantitative estimate of drug-likeness (QED) is 0.774. The highest BCUT2D eigenvalue weighted by Crippen LogP contribution is 2.02. The van der Waals surface area contributed by atoms with Crippen LogP contribution in [0.4, 0.5) is 0 Å². The molecule has 0 bridgehead atoms. The second kappa shape index (κ2) is 4.54. The van der Waals surface area contributed by atoms with E-state index in [1.165, 1.54) is 18.3 Å². The molecule has 0 aliphatic rings. The van der Waals surface area contributed by atoms with E-state index in [9.17, 15) is 9.59 Å². The fraction of sp³-hybridized carbons (Fsp3) is 0.300. The summed E-state index contributed by atoms with van der Waals surface area (Å²) in [7, 11) is 0. The van der Waals surface area contributed by atoms with Crippen LogP contribution < -0.4 is 5.32 Å². The van der Waals surface area contributed by atoms with E-state index >= 15 is 0 Å². The minimum absolute atomic E-state index is 0.0129. The molecule has 1 aromatic heterocycles. The molecule has 0 fully saturated rings. The summed E-state index contributed by atoms with van der Waals surface area (Å²) < 4.78 is 0. The van der Waals surface area contributed by atoms with E-state index in [1.54, 1.807) is 0 Å². The van der Waals surface area contributed by atoms with E-state index in [0.29, 0.717) is 5.56 Å². The van der Waals surface area contributed by atoms with Gasteiger partial charge in [-0.1, -0.05) is 0 Å². The molecule has 5 heteroatoms. The van der Waals surface area contributed by atoms with Crippen LogP contribution in [0.2, 0.25) is 0 Å². The molecule has 1 aromatic rings. The topological polar surface area (TPSA) is 79.3 Å². The number of carboxylic acids is 1. The number of carbonyl (C=O) groups is 2. The molecule has 1 amide bonds. The average Bonchev–Trinajstić information content (AvgIpc) is 2.17. The lowest BCUT2D eigenvalue weighted by Crippen LogP contribution is -2.30. The number of nitrogens with one attached hydrogen (secondary N) is 1. The first-order chi connectivity index (χ1) is 7.00. The molecule has 0 aliphatic heterocycles. The summed E-state index contributed by atoms with van der Waals surface area (Å²) in [6.07, 6.45) is 1.30. The number of aromatic carboxylic acids is 1. The Labute approximate surface area is 87.1 Å². The Kier molecular flexibility index (Phi) is 3.38. The van der Waals surface area contributed by atoms with Crippen molar-refractivity contribution in [2.24, 2.45) is 0 Å². The monoisotopic (exact) mass is 208 g/mol. The lowest BCUT2D eigenvalue weighted by molar-refractivity contribution is 0.0690. The zero-order chi connectivity index (χ0) is 11.4. The highest BCUT2D eigenvalue weighted by Gasteiger charge is 2.10. The van der Waals surface area contributed by atoms with Crippen LogP contribution in [0.5, 0.6) is 0 Å². The van der Waals surface area contributed by atoms with Gasteiger partial charge in [0.2, 0.25) is 0 Å². The van der Waals surface area contributed by atoms with Crippen LogP contribution in [0.3, 0.4) is 0 Å². The third kappa shape index (κ3) is 3.05. The Balaban J connectivity index is 2.90. The molecule has 5 nitrogen and oxygen atoms in total. The van der Waals surface area contributed by atoms with Gasteiger partial charge in [0.25, 0.3) is 5.91 Å². The summed E-state index contributed by atoms with van der Waals surface area (Å²) in [5, 5.41) is 11.3. The van der Waals surface area contributed by atoms with Crippen LogP contribution in [0.1, 0.15) is 34.7 Å². The zero-order valence-electron chi connectivity index (χ0n) is 8.52. The van der Waals surface area contributed by atoms with E-state index in [4.69, 9.17) is 5.11 Å². The number of hydrogen-bond donors (Lipinski definition) is 2. The van der Waals surface area contributed by atoms with Gasteiger partial charge in [0, 0.05) is 17.8 Å². The minimum Gasteiger partial charge on any atom is -0.477 e. The largest absolute Gasteiger partial charge is 0.477 e. The van der Waals surface area contributed by atoms with Gasteiger partial charge in [-0.3, -0.25) is 4.79 Å². The van der Waals surface area contributed by atoms with E-state index in [-0.39, 0.29) is 17.6 Å². The van der Waals surface area contributed by atoms with E-state index < -0.39 is 5.97 Å². The van der Waals surface area contributed by atoms with E-state index in [0.717, 1.165) is 0 Å². The fourth-order valence-electron chi connectivity index (χ4n) is 1.03. The summed E-state index contributed by atoms with van der Waals surface area (Å²) in [5.74, 6) is -1.44. The van der Waals surface area contributed by atoms with Gasteiger partial charge < -0.3 is 10.4 Å². The standard InChI is InChI=1S/C10H12N2O3/c1-6(2)12-9(13)7-3-4-11-8(5-7)10(14)15/h3-6H,1-2H3,(H,12,13)(H,14,15). The van der Waals surface area contributed by atoms with Crippen LogP contribution >= 0.6 is 0 Å². The third-order valence-corrected chi connectivity index (χ3v) is 1.66. The number of rotatable bonds is 3. The molecule has 15 heavy (non-hydrogen) atoms. The molecule has 1 heterocycles. The fourth-order valence-corrected chi connectivity index (χ4v) is 1.03. The lowest BCUT2D eigenvalue weighted by atomic mass is 10.2. The van der Waals surface area contributed by atoms with Crippen molar-refractivity contribution < 1.29 is 14.7 Å².